The number of amidine groups is 1. The number of nitrogens with zero attached hydrogens (tertiary/aromatic N) is 2. The number of hydrogen-bond donors (Lipinski definition) is 0. The molecule has 0 unspecified atom stereocenters. The molecule has 0 N–H and O–H groups in total. The lowest BCUT2D eigenvalue weighted by atomic mass is 10.1. The molecular weight excluding hydrogens is 296 g/mol. The molecule has 0 spiro atoms. The number of methoxy groups -OCH3 is 1. The standard InChI is InChI=1S/C17H20N2O2S/c1-12-6-7-14(21-2)13(10-12)11-15-16(20)18-17(22-15)19-8-4-3-5-9-19/h6-7,10-11H,3-5,8-9H2,1-2H3/b15-11+. The Balaban J connectivity index is 1.82. The SMILES string of the molecule is COc1ccc(C)cc1/C=C1/SC(N2CCCCC2)=NC1=O. The van der Waals surface area contributed by atoms with Gasteiger partial charge in [-0.05, 0) is 56.2 Å². The molecule has 116 valence electrons. The van der Waals surface area contributed by atoms with Gasteiger partial charge in [0.1, 0.15) is 5.75 Å². The number of ether oxygens (including phenoxy) is 1. The largest absolute Gasteiger partial charge is 0.496 e. The van der Waals surface area contributed by atoms with Gasteiger partial charge in [0.15, 0.2) is 5.17 Å². The first kappa shape index (κ1) is 15.2. The van der Waals surface area contributed by atoms with E-state index in [1.807, 2.05) is 31.2 Å². The molecule has 4 nitrogen and oxygen atoms in total. The van der Waals surface area contributed by atoms with Gasteiger partial charge >= 0.3 is 0 Å². The van der Waals surface area contributed by atoms with Gasteiger partial charge in [-0.3, -0.25) is 4.79 Å². The molecule has 1 saturated heterocycles. The van der Waals surface area contributed by atoms with Crippen molar-refractivity contribution in [2.45, 2.75) is 26.2 Å². The van der Waals surface area contributed by atoms with Crippen LogP contribution in [0.3, 0.4) is 0 Å². The van der Waals surface area contributed by atoms with Crippen molar-refractivity contribution in [2.24, 2.45) is 4.99 Å². The fourth-order valence-electron chi connectivity index (χ4n) is 2.73. The van der Waals surface area contributed by atoms with Crippen molar-refractivity contribution in [3.05, 3.63) is 34.2 Å². The third-order valence-corrected chi connectivity index (χ3v) is 4.95. The number of benzene rings is 1. The highest BCUT2D eigenvalue weighted by atomic mass is 32.2. The molecule has 1 fully saturated rings. The zero-order chi connectivity index (χ0) is 15.5. The van der Waals surface area contributed by atoms with E-state index < -0.39 is 0 Å². The molecule has 0 aliphatic carbocycles. The van der Waals surface area contributed by atoms with Crippen LogP contribution in [0.1, 0.15) is 30.4 Å². The maximum absolute atomic E-state index is 12.2. The van der Waals surface area contributed by atoms with Crippen LogP contribution in [-0.2, 0) is 4.79 Å². The van der Waals surface area contributed by atoms with Gasteiger partial charge in [0.05, 0.1) is 12.0 Å². The van der Waals surface area contributed by atoms with Crippen molar-refractivity contribution in [1.29, 1.82) is 0 Å². The Labute approximate surface area is 135 Å². The van der Waals surface area contributed by atoms with Crippen LogP contribution in [0.5, 0.6) is 5.75 Å². The topological polar surface area (TPSA) is 41.9 Å². The highest BCUT2D eigenvalue weighted by molar-refractivity contribution is 8.18. The number of aryl methyl sites for hydroxylation is 1. The number of amides is 1. The number of carbonyl (C=O) groups excluding carboxylic acids is 1. The Bertz CT molecular complexity index is 646. The van der Waals surface area contributed by atoms with Crippen molar-refractivity contribution < 1.29 is 9.53 Å². The molecule has 0 atom stereocenters. The first-order valence-corrected chi connectivity index (χ1v) is 8.41. The summed E-state index contributed by atoms with van der Waals surface area (Å²) in [6.45, 7) is 4.03. The summed E-state index contributed by atoms with van der Waals surface area (Å²) in [5.74, 6) is 0.632. The number of likely N-dealkylation sites (tertiary alicyclic amines) is 1. The molecule has 3 rings (SSSR count). The Morgan fingerprint density at radius 3 is 2.77 bits per heavy atom. The highest BCUT2D eigenvalue weighted by Gasteiger charge is 2.27. The number of thioether (sulfide) groups is 1. The van der Waals surface area contributed by atoms with E-state index in [4.69, 9.17) is 4.74 Å². The predicted molar refractivity (Wildman–Crippen MR) is 91.2 cm³/mol. The van der Waals surface area contributed by atoms with Crippen molar-refractivity contribution in [3.63, 3.8) is 0 Å². The summed E-state index contributed by atoms with van der Waals surface area (Å²) in [6, 6.07) is 5.96. The van der Waals surface area contributed by atoms with E-state index in [0.717, 1.165) is 35.1 Å². The fraction of sp³-hybridized carbons (Fsp3) is 0.412. The lowest BCUT2D eigenvalue weighted by Gasteiger charge is -2.27. The van der Waals surface area contributed by atoms with Crippen molar-refractivity contribution in [1.82, 2.24) is 4.90 Å². The number of rotatable bonds is 2. The average molecular weight is 316 g/mol. The van der Waals surface area contributed by atoms with E-state index in [-0.39, 0.29) is 5.91 Å². The number of piperidine rings is 1. The predicted octanol–water partition coefficient (Wildman–Crippen LogP) is 3.46. The van der Waals surface area contributed by atoms with Crippen LogP contribution in [0.15, 0.2) is 28.1 Å². The molecular formula is C17H20N2O2S. The minimum Gasteiger partial charge on any atom is -0.496 e. The molecule has 1 amide bonds. The Hall–Kier alpha value is -1.75. The minimum absolute atomic E-state index is 0.144. The quantitative estimate of drug-likeness (QED) is 0.784. The van der Waals surface area contributed by atoms with Crippen molar-refractivity contribution >= 4 is 28.9 Å². The van der Waals surface area contributed by atoms with Gasteiger partial charge in [-0.25, -0.2) is 0 Å². The second kappa shape index (κ2) is 6.57. The van der Waals surface area contributed by atoms with E-state index in [2.05, 4.69) is 9.89 Å². The van der Waals surface area contributed by atoms with Crippen LogP contribution in [0, 0.1) is 6.92 Å². The third kappa shape index (κ3) is 3.19. The summed E-state index contributed by atoms with van der Waals surface area (Å²) in [6.07, 6.45) is 5.52. The summed E-state index contributed by atoms with van der Waals surface area (Å²) < 4.78 is 5.38. The maximum Gasteiger partial charge on any atom is 0.286 e. The average Bonchev–Trinajstić information content (AvgIpc) is 2.90. The van der Waals surface area contributed by atoms with Crippen LogP contribution < -0.4 is 4.74 Å². The van der Waals surface area contributed by atoms with Gasteiger partial charge in [-0.2, -0.15) is 4.99 Å². The molecule has 0 radical (unpaired) electrons. The second-order valence-electron chi connectivity index (χ2n) is 5.60. The van der Waals surface area contributed by atoms with Crippen LogP contribution >= 0.6 is 11.8 Å². The van der Waals surface area contributed by atoms with E-state index >= 15 is 0 Å². The lowest BCUT2D eigenvalue weighted by molar-refractivity contribution is -0.113. The Kier molecular flexibility index (Phi) is 4.52. The molecule has 1 aromatic rings. The molecule has 0 saturated carbocycles. The molecule has 1 aromatic carbocycles. The summed E-state index contributed by atoms with van der Waals surface area (Å²) in [5.41, 5.74) is 2.06. The van der Waals surface area contributed by atoms with Gasteiger partial charge in [-0.15, -0.1) is 0 Å². The van der Waals surface area contributed by atoms with Crippen LogP contribution in [0.2, 0.25) is 0 Å². The summed E-state index contributed by atoms with van der Waals surface area (Å²) in [7, 11) is 1.64. The van der Waals surface area contributed by atoms with Crippen molar-refractivity contribution in [2.75, 3.05) is 20.2 Å². The van der Waals surface area contributed by atoms with E-state index in [9.17, 15) is 4.79 Å². The highest BCUT2D eigenvalue weighted by Crippen LogP contribution is 2.33. The smallest absolute Gasteiger partial charge is 0.286 e. The first-order chi connectivity index (χ1) is 10.7. The van der Waals surface area contributed by atoms with E-state index in [1.165, 1.54) is 31.0 Å². The van der Waals surface area contributed by atoms with Crippen LogP contribution in [-0.4, -0.2) is 36.2 Å². The fourth-order valence-corrected chi connectivity index (χ4v) is 3.68. The normalized spacial score (nSPS) is 20.5. The van der Waals surface area contributed by atoms with Crippen LogP contribution in [0.4, 0.5) is 0 Å². The maximum atomic E-state index is 12.2. The number of carbonyl (C=O) groups is 1. The van der Waals surface area contributed by atoms with Crippen molar-refractivity contribution in [3.8, 4) is 5.75 Å². The molecule has 2 heterocycles. The molecule has 0 bridgehead atoms. The Morgan fingerprint density at radius 2 is 2.05 bits per heavy atom. The molecule has 22 heavy (non-hydrogen) atoms. The number of hydrogen-bond acceptors (Lipinski definition) is 4. The van der Waals surface area contributed by atoms with Gasteiger partial charge in [0, 0.05) is 18.7 Å². The summed E-state index contributed by atoms with van der Waals surface area (Å²) in [4.78, 5) is 19.3. The van der Waals surface area contributed by atoms with E-state index in [1.54, 1.807) is 7.11 Å². The monoisotopic (exact) mass is 316 g/mol. The van der Waals surface area contributed by atoms with Gasteiger partial charge < -0.3 is 9.64 Å². The summed E-state index contributed by atoms with van der Waals surface area (Å²) in [5, 5.41) is 0.850. The second-order valence-corrected chi connectivity index (χ2v) is 6.61. The van der Waals surface area contributed by atoms with E-state index in [0.29, 0.717) is 4.91 Å². The third-order valence-electron chi connectivity index (χ3n) is 3.91. The minimum atomic E-state index is -0.144. The molecule has 2 aliphatic rings. The molecule has 5 heteroatoms. The lowest BCUT2D eigenvalue weighted by Crippen LogP contribution is -2.33. The van der Waals surface area contributed by atoms with Gasteiger partial charge in [-0.1, -0.05) is 11.6 Å². The summed E-state index contributed by atoms with van der Waals surface area (Å²) >= 11 is 1.48. The Morgan fingerprint density at radius 1 is 1.27 bits per heavy atom. The zero-order valence-corrected chi connectivity index (χ0v) is 13.8. The van der Waals surface area contributed by atoms with Gasteiger partial charge in [0.2, 0.25) is 0 Å². The zero-order valence-electron chi connectivity index (χ0n) is 13.0. The number of aliphatic imine (C=N–C) groups is 1. The van der Waals surface area contributed by atoms with Crippen LogP contribution in [0.25, 0.3) is 6.08 Å². The van der Waals surface area contributed by atoms with Gasteiger partial charge in [0.25, 0.3) is 5.91 Å². The molecule has 0 aromatic heterocycles. The molecule has 2 aliphatic heterocycles. The first-order valence-electron chi connectivity index (χ1n) is 7.59.